The van der Waals surface area contributed by atoms with E-state index in [1.54, 1.807) is 4.90 Å². The molecule has 7 heteroatoms. The van der Waals surface area contributed by atoms with Gasteiger partial charge in [0.15, 0.2) is 5.13 Å². The number of urea groups is 1. The average Bonchev–Trinajstić information content (AvgIpc) is 3.36. The molecule has 4 rings (SSSR count). The van der Waals surface area contributed by atoms with Crippen LogP contribution in [0.5, 0.6) is 0 Å². The van der Waals surface area contributed by atoms with Gasteiger partial charge >= 0.3 is 12.0 Å². The van der Waals surface area contributed by atoms with Crippen LogP contribution in [0, 0.1) is 0 Å². The molecule has 0 saturated carbocycles. The first-order valence-corrected chi connectivity index (χ1v) is 12.4. The molecular weight excluding hydrogens is 458 g/mol. The van der Waals surface area contributed by atoms with Crippen molar-refractivity contribution in [1.82, 2.24) is 9.88 Å². The molecule has 35 heavy (non-hydrogen) atoms. The quantitative estimate of drug-likeness (QED) is 0.275. The van der Waals surface area contributed by atoms with E-state index in [1.165, 1.54) is 11.3 Å². The number of benzene rings is 3. The average molecular weight is 486 g/mol. The van der Waals surface area contributed by atoms with E-state index >= 15 is 0 Å². The molecule has 178 valence electrons. The van der Waals surface area contributed by atoms with E-state index in [0.29, 0.717) is 18.1 Å². The highest BCUT2D eigenvalue weighted by molar-refractivity contribution is 7.14. The number of nitrogens with zero attached hydrogens (tertiary/aromatic N) is 2. The minimum absolute atomic E-state index is 0.0853. The standard InChI is InChI=1S/C28H27N3O3S/c32-26(33)17-19-31(28(34)30-27-29-25(20-35-27)23-14-8-3-9-15-23)18-16-24(21-10-4-1-5-11-21)22-12-6-2-7-13-22/h1-15,20,24H,16-19H2,(H,32,33)(H,29,30,34). The minimum Gasteiger partial charge on any atom is -0.481 e. The number of hydrogen-bond donors (Lipinski definition) is 2. The van der Waals surface area contributed by atoms with E-state index in [-0.39, 0.29) is 24.9 Å². The van der Waals surface area contributed by atoms with Crippen LogP contribution in [0.2, 0.25) is 0 Å². The van der Waals surface area contributed by atoms with Crippen molar-refractivity contribution >= 4 is 28.5 Å². The summed E-state index contributed by atoms with van der Waals surface area (Å²) in [7, 11) is 0. The number of aliphatic carboxylic acids is 1. The molecule has 0 bridgehead atoms. The van der Waals surface area contributed by atoms with E-state index in [9.17, 15) is 14.7 Å². The van der Waals surface area contributed by atoms with Crippen LogP contribution in [0.3, 0.4) is 0 Å². The number of thiazole rings is 1. The number of aromatic nitrogens is 1. The van der Waals surface area contributed by atoms with Gasteiger partial charge in [0.2, 0.25) is 0 Å². The number of anilines is 1. The Hall–Kier alpha value is -3.97. The summed E-state index contributed by atoms with van der Waals surface area (Å²) >= 11 is 1.35. The molecule has 0 saturated heterocycles. The van der Waals surface area contributed by atoms with Gasteiger partial charge in [-0.05, 0) is 17.5 Å². The molecule has 6 nitrogen and oxygen atoms in total. The van der Waals surface area contributed by atoms with Gasteiger partial charge in [-0.25, -0.2) is 9.78 Å². The number of amides is 2. The summed E-state index contributed by atoms with van der Waals surface area (Å²) in [6.45, 7) is 0.527. The Morgan fingerprint density at radius 2 is 1.43 bits per heavy atom. The second-order valence-corrected chi connectivity index (χ2v) is 8.99. The van der Waals surface area contributed by atoms with Gasteiger partial charge in [0.25, 0.3) is 0 Å². The monoisotopic (exact) mass is 485 g/mol. The number of hydrogen-bond acceptors (Lipinski definition) is 4. The van der Waals surface area contributed by atoms with Crippen molar-refractivity contribution in [3.05, 3.63) is 108 Å². The van der Waals surface area contributed by atoms with E-state index in [4.69, 9.17) is 0 Å². The fourth-order valence-corrected chi connectivity index (χ4v) is 4.68. The summed E-state index contributed by atoms with van der Waals surface area (Å²) in [5, 5.41) is 14.5. The van der Waals surface area contributed by atoms with Crippen LogP contribution in [-0.2, 0) is 4.79 Å². The number of carboxylic acids is 1. The number of rotatable bonds is 10. The molecule has 0 aliphatic rings. The summed E-state index contributed by atoms with van der Waals surface area (Å²) < 4.78 is 0. The van der Waals surface area contributed by atoms with Gasteiger partial charge in [0, 0.05) is 30.0 Å². The van der Waals surface area contributed by atoms with Crippen LogP contribution in [0.25, 0.3) is 11.3 Å². The van der Waals surface area contributed by atoms with E-state index in [0.717, 1.165) is 22.4 Å². The number of carboxylic acid groups (broad SMARTS) is 1. The molecule has 0 radical (unpaired) electrons. The molecule has 0 aliphatic carbocycles. The third kappa shape index (κ3) is 6.77. The van der Waals surface area contributed by atoms with Crippen molar-refractivity contribution in [2.24, 2.45) is 0 Å². The number of nitrogens with one attached hydrogen (secondary N) is 1. The highest BCUT2D eigenvalue weighted by Crippen LogP contribution is 2.29. The molecule has 2 N–H and O–H groups in total. The fourth-order valence-electron chi connectivity index (χ4n) is 3.97. The van der Waals surface area contributed by atoms with Gasteiger partial charge in [0.1, 0.15) is 0 Å². The van der Waals surface area contributed by atoms with Gasteiger partial charge in [-0.3, -0.25) is 10.1 Å². The van der Waals surface area contributed by atoms with E-state index < -0.39 is 5.97 Å². The molecule has 0 unspecified atom stereocenters. The normalized spacial score (nSPS) is 10.8. The predicted octanol–water partition coefficient (Wildman–Crippen LogP) is 6.34. The van der Waals surface area contributed by atoms with E-state index in [1.807, 2.05) is 72.1 Å². The zero-order valence-corrected chi connectivity index (χ0v) is 20.0. The molecular formula is C28H27N3O3S. The van der Waals surface area contributed by atoms with Crippen LogP contribution in [0.4, 0.5) is 9.93 Å². The fraction of sp³-hybridized carbons (Fsp3) is 0.179. The van der Waals surface area contributed by atoms with Crippen molar-refractivity contribution in [2.45, 2.75) is 18.8 Å². The van der Waals surface area contributed by atoms with Crippen molar-refractivity contribution in [3.8, 4) is 11.3 Å². The van der Waals surface area contributed by atoms with E-state index in [2.05, 4.69) is 34.6 Å². The Morgan fingerprint density at radius 1 is 0.857 bits per heavy atom. The molecule has 0 fully saturated rings. The first-order chi connectivity index (χ1) is 17.1. The Bertz CT molecular complexity index is 1190. The third-order valence-electron chi connectivity index (χ3n) is 5.76. The van der Waals surface area contributed by atoms with Crippen LogP contribution in [0.15, 0.2) is 96.4 Å². The lowest BCUT2D eigenvalue weighted by Crippen LogP contribution is -2.37. The summed E-state index contributed by atoms with van der Waals surface area (Å²) in [4.78, 5) is 30.5. The van der Waals surface area contributed by atoms with Crippen LogP contribution in [0.1, 0.15) is 29.9 Å². The number of carbonyl (C=O) groups excluding carboxylic acids is 1. The maximum absolute atomic E-state index is 13.1. The van der Waals surface area contributed by atoms with Gasteiger partial charge in [-0.1, -0.05) is 91.0 Å². The predicted molar refractivity (Wildman–Crippen MR) is 140 cm³/mol. The smallest absolute Gasteiger partial charge is 0.323 e. The second kappa shape index (κ2) is 11.9. The molecule has 0 spiro atoms. The van der Waals surface area contributed by atoms with Gasteiger partial charge in [0.05, 0.1) is 12.1 Å². The first-order valence-electron chi connectivity index (χ1n) is 11.5. The summed E-state index contributed by atoms with van der Waals surface area (Å²) in [5.41, 5.74) is 4.08. The molecule has 3 aromatic carbocycles. The Kier molecular flexibility index (Phi) is 8.25. The summed E-state index contributed by atoms with van der Waals surface area (Å²) in [6.07, 6.45) is 0.538. The molecule has 2 amide bonds. The Labute approximate surface area is 208 Å². The summed E-state index contributed by atoms with van der Waals surface area (Å²) in [6, 6.07) is 29.7. The van der Waals surface area contributed by atoms with Gasteiger partial charge in [-0.2, -0.15) is 0 Å². The highest BCUT2D eigenvalue weighted by atomic mass is 32.1. The number of carbonyl (C=O) groups is 2. The zero-order chi connectivity index (χ0) is 24.5. The van der Waals surface area contributed by atoms with Gasteiger partial charge in [-0.15, -0.1) is 11.3 Å². The Balaban J connectivity index is 1.48. The molecule has 1 heterocycles. The van der Waals surface area contributed by atoms with Crippen LogP contribution < -0.4 is 5.32 Å². The lowest BCUT2D eigenvalue weighted by Gasteiger charge is -2.25. The third-order valence-corrected chi connectivity index (χ3v) is 6.52. The highest BCUT2D eigenvalue weighted by Gasteiger charge is 2.20. The topological polar surface area (TPSA) is 82.5 Å². The van der Waals surface area contributed by atoms with Crippen molar-refractivity contribution in [2.75, 3.05) is 18.4 Å². The Morgan fingerprint density at radius 3 is 2.00 bits per heavy atom. The van der Waals surface area contributed by atoms with Gasteiger partial charge < -0.3 is 10.0 Å². The molecule has 0 aliphatic heterocycles. The van der Waals surface area contributed by atoms with Crippen molar-refractivity contribution < 1.29 is 14.7 Å². The molecule has 1 aromatic heterocycles. The van der Waals surface area contributed by atoms with Crippen LogP contribution in [-0.4, -0.2) is 40.1 Å². The minimum atomic E-state index is -0.939. The second-order valence-electron chi connectivity index (χ2n) is 8.13. The molecule has 4 aromatic rings. The maximum atomic E-state index is 13.1. The lowest BCUT2D eigenvalue weighted by molar-refractivity contribution is -0.137. The van der Waals surface area contributed by atoms with Crippen molar-refractivity contribution in [3.63, 3.8) is 0 Å². The summed E-state index contributed by atoms with van der Waals surface area (Å²) in [5.74, 6) is -0.854. The maximum Gasteiger partial charge on any atom is 0.323 e. The van der Waals surface area contributed by atoms with Crippen molar-refractivity contribution in [1.29, 1.82) is 0 Å². The lowest BCUT2D eigenvalue weighted by atomic mass is 9.88. The first kappa shape index (κ1) is 24.2. The SMILES string of the molecule is O=C(O)CCN(CCC(c1ccccc1)c1ccccc1)C(=O)Nc1nc(-c2ccccc2)cs1. The largest absolute Gasteiger partial charge is 0.481 e. The molecule has 0 atom stereocenters. The zero-order valence-electron chi connectivity index (χ0n) is 19.2. The van der Waals surface area contributed by atoms with Crippen LogP contribution >= 0.6 is 11.3 Å².